The number of hydrogen-bond acceptors (Lipinski definition) is 2. The molecule has 1 rings (SSSR count). The van der Waals surface area contributed by atoms with Crippen molar-refractivity contribution in [3.63, 3.8) is 0 Å². The fourth-order valence-electron chi connectivity index (χ4n) is 0.630. The maximum atomic E-state index is 10.6. The van der Waals surface area contributed by atoms with Crippen molar-refractivity contribution in [2.75, 3.05) is 0 Å². The van der Waals surface area contributed by atoms with Gasteiger partial charge in [-0.1, -0.05) is 6.58 Å². The van der Waals surface area contributed by atoms with Gasteiger partial charge in [-0.25, -0.2) is 4.98 Å². The van der Waals surface area contributed by atoms with Crippen LogP contribution in [0, 0.1) is 0 Å². The van der Waals surface area contributed by atoms with E-state index in [0.717, 1.165) is 0 Å². The van der Waals surface area contributed by atoms with E-state index in [-0.39, 0.29) is 5.91 Å². The molecule has 0 fully saturated rings. The van der Waals surface area contributed by atoms with Crippen LogP contribution in [0.25, 0.3) is 6.08 Å². The number of rotatable bonds is 3. The van der Waals surface area contributed by atoms with Gasteiger partial charge in [-0.2, -0.15) is 0 Å². The average Bonchev–Trinajstić information content (AvgIpc) is 2.57. The maximum Gasteiger partial charge on any atom is 0.247 e. The molecule has 1 amide bonds. The Kier molecular flexibility index (Phi) is 2.84. The molecule has 1 heterocycles. The molecule has 0 aliphatic rings. The van der Waals surface area contributed by atoms with Crippen molar-refractivity contribution in [3.8, 4) is 0 Å². The predicted octanol–water partition coefficient (Wildman–Crippen LogP) is 0.683. The van der Waals surface area contributed by atoms with Crippen LogP contribution in [0.4, 0.5) is 0 Å². The summed E-state index contributed by atoms with van der Waals surface area (Å²) in [4.78, 5) is 17.4. The van der Waals surface area contributed by atoms with Crippen LogP contribution in [0.1, 0.15) is 5.82 Å². The van der Waals surface area contributed by atoms with Gasteiger partial charge in [0.2, 0.25) is 5.91 Å². The lowest BCUT2D eigenvalue weighted by Gasteiger charge is -1.89. The maximum absolute atomic E-state index is 10.6. The van der Waals surface area contributed by atoms with Crippen LogP contribution < -0.4 is 5.32 Å². The average molecular weight is 163 g/mol. The number of imidazole rings is 1. The molecular weight excluding hydrogens is 154 g/mol. The lowest BCUT2D eigenvalue weighted by atomic mass is 10.5. The summed E-state index contributed by atoms with van der Waals surface area (Å²) in [7, 11) is 0. The third kappa shape index (κ3) is 2.42. The van der Waals surface area contributed by atoms with E-state index in [1.54, 1.807) is 18.5 Å². The van der Waals surface area contributed by atoms with Gasteiger partial charge >= 0.3 is 0 Å². The minimum Gasteiger partial charge on any atom is -0.345 e. The first-order valence-corrected chi connectivity index (χ1v) is 3.42. The highest BCUT2D eigenvalue weighted by Crippen LogP contribution is 1.89. The Labute approximate surface area is 70.0 Å². The van der Waals surface area contributed by atoms with E-state index in [1.165, 1.54) is 12.3 Å². The van der Waals surface area contributed by atoms with Crippen LogP contribution in [0.2, 0.25) is 0 Å². The fourth-order valence-corrected chi connectivity index (χ4v) is 0.630. The monoisotopic (exact) mass is 163 g/mol. The summed E-state index contributed by atoms with van der Waals surface area (Å²) in [5.74, 6) is 0.456. The molecule has 62 valence electrons. The van der Waals surface area contributed by atoms with Crippen LogP contribution in [-0.4, -0.2) is 15.9 Å². The Morgan fingerprint density at radius 1 is 1.75 bits per heavy atom. The van der Waals surface area contributed by atoms with Crippen LogP contribution in [-0.2, 0) is 4.79 Å². The highest BCUT2D eigenvalue weighted by atomic mass is 16.1. The molecule has 0 aliphatic carbocycles. The molecular formula is C8H9N3O. The topological polar surface area (TPSA) is 57.8 Å². The van der Waals surface area contributed by atoms with E-state index < -0.39 is 0 Å². The second-order valence-corrected chi connectivity index (χ2v) is 2.02. The molecule has 0 unspecified atom stereocenters. The van der Waals surface area contributed by atoms with Gasteiger partial charge in [0.25, 0.3) is 0 Å². The Balaban J connectivity index is 2.42. The molecule has 1 aromatic heterocycles. The molecule has 0 bridgehead atoms. The van der Waals surface area contributed by atoms with Crippen molar-refractivity contribution in [3.05, 3.63) is 37.1 Å². The molecule has 0 atom stereocenters. The zero-order valence-corrected chi connectivity index (χ0v) is 6.45. The number of hydrogen-bond donors (Lipinski definition) is 2. The van der Waals surface area contributed by atoms with Crippen LogP contribution in [0.5, 0.6) is 0 Å². The molecule has 0 aromatic carbocycles. The van der Waals surface area contributed by atoms with Gasteiger partial charge in [0, 0.05) is 18.6 Å². The van der Waals surface area contributed by atoms with Gasteiger partial charge in [-0.05, 0) is 12.2 Å². The number of carbonyl (C=O) groups excluding carboxylic acids is 1. The molecule has 0 saturated carbocycles. The van der Waals surface area contributed by atoms with Crippen molar-refractivity contribution < 1.29 is 4.79 Å². The first-order chi connectivity index (χ1) is 5.83. The third-order valence-corrected chi connectivity index (χ3v) is 1.17. The molecule has 0 radical (unpaired) electrons. The number of amides is 1. The van der Waals surface area contributed by atoms with E-state index in [9.17, 15) is 4.79 Å². The summed E-state index contributed by atoms with van der Waals surface area (Å²) in [6.07, 6.45) is 7.70. The molecule has 0 aliphatic heterocycles. The van der Waals surface area contributed by atoms with Crippen molar-refractivity contribution in [1.29, 1.82) is 0 Å². The van der Waals surface area contributed by atoms with E-state index in [1.807, 2.05) is 0 Å². The van der Waals surface area contributed by atoms with Crippen LogP contribution >= 0.6 is 0 Å². The number of nitrogens with one attached hydrogen (secondary N) is 2. The summed E-state index contributed by atoms with van der Waals surface area (Å²) in [5.41, 5.74) is 0. The molecule has 1 aromatic rings. The summed E-state index contributed by atoms with van der Waals surface area (Å²) < 4.78 is 0. The quantitative estimate of drug-likeness (QED) is 0.644. The third-order valence-electron chi connectivity index (χ3n) is 1.17. The van der Waals surface area contributed by atoms with Crippen LogP contribution in [0.3, 0.4) is 0 Å². The molecule has 0 spiro atoms. The summed E-state index contributed by atoms with van der Waals surface area (Å²) in [6.45, 7) is 3.31. The van der Waals surface area contributed by atoms with E-state index in [4.69, 9.17) is 0 Å². The summed E-state index contributed by atoms with van der Waals surface area (Å²) in [6, 6.07) is 0. The predicted molar refractivity (Wildman–Crippen MR) is 46.0 cm³/mol. The van der Waals surface area contributed by atoms with Crippen molar-refractivity contribution in [1.82, 2.24) is 15.3 Å². The Morgan fingerprint density at radius 2 is 2.58 bits per heavy atom. The molecule has 0 saturated heterocycles. The smallest absolute Gasteiger partial charge is 0.247 e. The molecule has 4 nitrogen and oxygen atoms in total. The summed E-state index contributed by atoms with van der Waals surface area (Å²) in [5, 5.41) is 2.47. The lowest BCUT2D eigenvalue weighted by molar-refractivity contribution is -0.115. The first-order valence-electron chi connectivity index (χ1n) is 3.42. The molecule has 2 N–H and O–H groups in total. The van der Waals surface area contributed by atoms with Crippen molar-refractivity contribution in [2.45, 2.75) is 0 Å². The zero-order valence-electron chi connectivity index (χ0n) is 6.45. The van der Waals surface area contributed by atoms with Crippen molar-refractivity contribution in [2.24, 2.45) is 0 Å². The Morgan fingerprint density at radius 3 is 3.17 bits per heavy atom. The largest absolute Gasteiger partial charge is 0.345 e. The Hall–Kier alpha value is -1.84. The number of carbonyl (C=O) groups is 1. The van der Waals surface area contributed by atoms with E-state index >= 15 is 0 Å². The summed E-state index contributed by atoms with van der Waals surface area (Å²) >= 11 is 0. The van der Waals surface area contributed by atoms with Crippen molar-refractivity contribution >= 4 is 12.0 Å². The van der Waals surface area contributed by atoms with Gasteiger partial charge in [0.05, 0.1) is 0 Å². The number of aromatic nitrogens is 2. The minimum absolute atomic E-state index is 0.238. The number of H-pyrrole nitrogens is 1. The van der Waals surface area contributed by atoms with Gasteiger partial charge in [0.1, 0.15) is 5.82 Å². The standard InChI is InChI=1S/C8H9N3O/c1-2-8(12)11-4-3-7-9-5-6-10-7/h2-6H,1H2,(H,9,10)(H,11,12). The van der Waals surface area contributed by atoms with Crippen LogP contribution in [0.15, 0.2) is 31.2 Å². The van der Waals surface area contributed by atoms with Gasteiger partial charge in [-0.15, -0.1) is 0 Å². The molecule has 12 heavy (non-hydrogen) atoms. The Bertz CT molecular complexity index is 287. The van der Waals surface area contributed by atoms with E-state index in [2.05, 4.69) is 21.9 Å². The number of nitrogens with zero attached hydrogens (tertiary/aromatic N) is 1. The second kappa shape index (κ2) is 4.12. The SMILES string of the molecule is C=CC(=O)NC=Cc1ncc[nH]1. The number of aromatic amines is 1. The van der Waals surface area contributed by atoms with Gasteiger partial charge in [-0.3, -0.25) is 4.79 Å². The normalized spacial score (nSPS) is 10.0. The first kappa shape index (κ1) is 8.26. The highest BCUT2D eigenvalue weighted by Gasteiger charge is 1.87. The minimum atomic E-state index is -0.238. The van der Waals surface area contributed by atoms with Gasteiger partial charge < -0.3 is 10.3 Å². The molecule has 4 heteroatoms. The zero-order chi connectivity index (χ0) is 8.81. The lowest BCUT2D eigenvalue weighted by Crippen LogP contribution is -2.12. The fraction of sp³-hybridized carbons (Fsp3) is 0. The highest BCUT2D eigenvalue weighted by molar-refractivity contribution is 5.87. The second-order valence-electron chi connectivity index (χ2n) is 2.02. The van der Waals surface area contributed by atoms with E-state index in [0.29, 0.717) is 5.82 Å². The van der Waals surface area contributed by atoms with Gasteiger partial charge in [0.15, 0.2) is 0 Å².